The first-order valence-corrected chi connectivity index (χ1v) is 8.16. The van der Waals surface area contributed by atoms with E-state index in [0.29, 0.717) is 23.2 Å². The Labute approximate surface area is 140 Å². The van der Waals surface area contributed by atoms with Gasteiger partial charge in [-0.25, -0.2) is 4.98 Å². The number of nitrogens with zero attached hydrogens (tertiary/aromatic N) is 1. The molecule has 2 aromatic rings. The number of amides is 1. The van der Waals surface area contributed by atoms with Gasteiger partial charge in [-0.1, -0.05) is 13.0 Å². The predicted molar refractivity (Wildman–Crippen MR) is 93.3 cm³/mol. The highest BCUT2D eigenvalue weighted by molar-refractivity contribution is 7.15. The van der Waals surface area contributed by atoms with Crippen molar-refractivity contribution in [2.75, 3.05) is 19.0 Å². The van der Waals surface area contributed by atoms with Crippen LogP contribution in [-0.4, -0.2) is 24.6 Å². The van der Waals surface area contributed by atoms with Gasteiger partial charge >= 0.3 is 0 Å². The van der Waals surface area contributed by atoms with Crippen molar-refractivity contribution in [3.05, 3.63) is 40.9 Å². The normalized spacial score (nSPS) is 10.7. The Balaban J connectivity index is 2.02. The molecule has 0 bridgehead atoms. The number of nitrogens with one attached hydrogen (secondary N) is 1. The molecule has 1 aromatic heterocycles. The topological polar surface area (TPSA) is 60.5 Å². The van der Waals surface area contributed by atoms with Gasteiger partial charge in [-0.3, -0.25) is 10.1 Å². The van der Waals surface area contributed by atoms with Gasteiger partial charge in [0, 0.05) is 17.2 Å². The van der Waals surface area contributed by atoms with Crippen LogP contribution in [0.25, 0.3) is 6.08 Å². The first-order chi connectivity index (χ1) is 11.1. The van der Waals surface area contributed by atoms with Crippen LogP contribution in [0.4, 0.5) is 5.13 Å². The SMILES string of the molecule is CCCOc1ccc(C=CC(=O)Nc2ncc(C)s2)cc1OC. The average Bonchev–Trinajstić information content (AvgIpc) is 2.96. The maximum absolute atomic E-state index is 11.9. The first-order valence-electron chi connectivity index (χ1n) is 7.34. The van der Waals surface area contributed by atoms with Crippen LogP contribution in [-0.2, 0) is 4.79 Å². The molecule has 0 fully saturated rings. The Morgan fingerprint density at radius 1 is 1.39 bits per heavy atom. The van der Waals surface area contributed by atoms with Crippen LogP contribution < -0.4 is 14.8 Å². The van der Waals surface area contributed by atoms with E-state index >= 15 is 0 Å². The van der Waals surface area contributed by atoms with Gasteiger partial charge in [0.15, 0.2) is 16.6 Å². The van der Waals surface area contributed by atoms with E-state index in [1.54, 1.807) is 19.4 Å². The molecule has 0 aliphatic heterocycles. The van der Waals surface area contributed by atoms with Crippen molar-refractivity contribution >= 4 is 28.5 Å². The highest BCUT2D eigenvalue weighted by Crippen LogP contribution is 2.28. The Hall–Kier alpha value is -2.34. The summed E-state index contributed by atoms with van der Waals surface area (Å²) in [6.45, 7) is 4.63. The Morgan fingerprint density at radius 3 is 2.87 bits per heavy atom. The average molecular weight is 332 g/mol. The van der Waals surface area contributed by atoms with E-state index in [4.69, 9.17) is 9.47 Å². The van der Waals surface area contributed by atoms with Crippen molar-refractivity contribution < 1.29 is 14.3 Å². The molecule has 0 radical (unpaired) electrons. The van der Waals surface area contributed by atoms with Crippen LogP contribution in [0.5, 0.6) is 11.5 Å². The van der Waals surface area contributed by atoms with E-state index < -0.39 is 0 Å². The number of carbonyl (C=O) groups is 1. The molecule has 1 aromatic carbocycles. The molecule has 0 saturated carbocycles. The number of ether oxygens (including phenoxy) is 2. The molecule has 0 unspecified atom stereocenters. The second-order valence-corrected chi connectivity index (χ2v) is 6.09. The summed E-state index contributed by atoms with van der Waals surface area (Å²) in [4.78, 5) is 17.0. The quantitative estimate of drug-likeness (QED) is 0.781. The van der Waals surface area contributed by atoms with E-state index in [9.17, 15) is 4.79 Å². The third kappa shape index (κ3) is 5.10. The first kappa shape index (κ1) is 17.0. The van der Waals surface area contributed by atoms with Crippen molar-refractivity contribution in [3.8, 4) is 11.5 Å². The Kier molecular flexibility index (Phi) is 6.17. The molecule has 1 heterocycles. The van der Waals surface area contributed by atoms with Crippen LogP contribution in [0.1, 0.15) is 23.8 Å². The number of benzene rings is 1. The van der Waals surface area contributed by atoms with E-state index in [0.717, 1.165) is 16.9 Å². The molecule has 0 aliphatic rings. The van der Waals surface area contributed by atoms with Crippen LogP contribution in [0, 0.1) is 6.92 Å². The summed E-state index contributed by atoms with van der Waals surface area (Å²) in [5.74, 6) is 1.13. The largest absolute Gasteiger partial charge is 0.493 e. The van der Waals surface area contributed by atoms with Gasteiger partial charge in [0.25, 0.3) is 0 Å². The van der Waals surface area contributed by atoms with Crippen LogP contribution in [0.3, 0.4) is 0 Å². The molecule has 0 atom stereocenters. The summed E-state index contributed by atoms with van der Waals surface area (Å²) in [6, 6.07) is 5.56. The summed E-state index contributed by atoms with van der Waals surface area (Å²) in [5.41, 5.74) is 0.858. The molecule has 23 heavy (non-hydrogen) atoms. The molecule has 2 rings (SSSR count). The van der Waals surface area contributed by atoms with Crippen molar-refractivity contribution in [1.29, 1.82) is 0 Å². The number of aromatic nitrogens is 1. The zero-order valence-corrected chi connectivity index (χ0v) is 14.3. The second-order valence-electron chi connectivity index (χ2n) is 4.86. The number of hydrogen-bond acceptors (Lipinski definition) is 5. The highest BCUT2D eigenvalue weighted by Gasteiger charge is 2.05. The molecule has 0 aliphatic carbocycles. The minimum Gasteiger partial charge on any atom is -0.493 e. The summed E-state index contributed by atoms with van der Waals surface area (Å²) < 4.78 is 10.9. The third-order valence-corrected chi connectivity index (χ3v) is 3.76. The van der Waals surface area contributed by atoms with Crippen molar-refractivity contribution in [3.63, 3.8) is 0 Å². The van der Waals surface area contributed by atoms with Gasteiger partial charge in [0.2, 0.25) is 5.91 Å². The molecule has 6 heteroatoms. The van der Waals surface area contributed by atoms with Crippen LogP contribution in [0.15, 0.2) is 30.5 Å². The second kappa shape index (κ2) is 8.33. The van der Waals surface area contributed by atoms with Gasteiger partial charge in [-0.2, -0.15) is 0 Å². The van der Waals surface area contributed by atoms with Crippen molar-refractivity contribution in [2.24, 2.45) is 0 Å². The zero-order valence-electron chi connectivity index (χ0n) is 13.5. The molecule has 0 spiro atoms. The summed E-state index contributed by atoms with van der Waals surface area (Å²) in [7, 11) is 1.60. The fourth-order valence-corrected chi connectivity index (χ4v) is 2.52. The van der Waals surface area contributed by atoms with E-state index in [1.165, 1.54) is 17.4 Å². The number of rotatable bonds is 7. The number of methoxy groups -OCH3 is 1. The summed E-state index contributed by atoms with van der Waals surface area (Å²) in [6.07, 6.45) is 5.85. The molecular formula is C17H20N2O3S. The number of carbonyl (C=O) groups excluding carboxylic acids is 1. The smallest absolute Gasteiger partial charge is 0.250 e. The maximum Gasteiger partial charge on any atom is 0.250 e. The van der Waals surface area contributed by atoms with Gasteiger partial charge in [-0.05, 0) is 37.1 Å². The van der Waals surface area contributed by atoms with Crippen LogP contribution >= 0.6 is 11.3 Å². The fourth-order valence-electron chi connectivity index (χ4n) is 1.85. The zero-order chi connectivity index (χ0) is 16.7. The molecular weight excluding hydrogens is 312 g/mol. The van der Waals surface area contributed by atoms with Gasteiger partial charge < -0.3 is 9.47 Å². The fraction of sp³-hybridized carbons (Fsp3) is 0.294. The number of aryl methyl sites for hydroxylation is 1. The minimum absolute atomic E-state index is 0.218. The molecule has 1 N–H and O–H groups in total. The van der Waals surface area contributed by atoms with Gasteiger partial charge in [-0.15, -0.1) is 11.3 Å². The van der Waals surface area contributed by atoms with E-state index in [1.807, 2.05) is 32.0 Å². The van der Waals surface area contributed by atoms with E-state index in [-0.39, 0.29) is 5.91 Å². The molecule has 0 saturated heterocycles. The Morgan fingerprint density at radius 2 is 2.22 bits per heavy atom. The monoisotopic (exact) mass is 332 g/mol. The maximum atomic E-state index is 11.9. The third-order valence-electron chi connectivity index (χ3n) is 2.93. The summed E-state index contributed by atoms with van der Waals surface area (Å²) in [5, 5.41) is 3.32. The minimum atomic E-state index is -0.218. The van der Waals surface area contributed by atoms with E-state index in [2.05, 4.69) is 10.3 Å². The van der Waals surface area contributed by atoms with Crippen molar-refractivity contribution in [1.82, 2.24) is 4.98 Å². The number of thiazole rings is 1. The standard InChI is InChI=1S/C17H20N2O3S/c1-4-9-22-14-7-5-13(10-15(14)21-3)6-8-16(20)19-17-18-11-12(2)23-17/h5-8,10-11H,4,9H2,1-3H3,(H,18,19,20). The predicted octanol–water partition coefficient (Wildman–Crippen LogP) is 3.90. The lowest BCUT2D eigenvalue weighted by molar-refractivity contribution is -0.111. The lowest BCUT2D eigenvalue weighted by Crippen LogP contribution is -2.07. The lowest BCUT2D eigenvalue weighted by atomic mass is 10.2. The molecule has 1 amide bonds. The number of hydrogen-bond donors (Lipinski definition) is 1. The van der Waals surface area contributed by atoms with Crippen LogP contribution in [0.2, 0.25) is 0 Å². The summed E-state index contributed by atoms with van der Waals surface area (Å²) >= 11 is 1.44. The molecule has 5 nitrogen and oxygen atoms in total. The van der Waals surface area contributed by atoms with Crippen molar-refractivity contribution in [2.45, 2.75) is 20.3 Å². The highest BCUT2D eigenvalue weighted by atomic mass is 32.1. The van der Waals surface area contributed by atoms with Gasteiger partial charge in [0.1, 0.15) is 0 Å². The Bertz CT molecular complexity index is 695. The lowest BCUT2D eigenvalue weighted by Gasteiger charge is -2.10. The van der Waals surface area contributed by atoms with Gasteiger partial charge in [0.05, 0.1) is 13.7 Å². The molecule has 122 valence electrons. The number of anilines is 1.